The molecule has 2 aromatic rings. The predicted octanol–water partition coefficient (Wildman–Crippen LogP) is 2.21. The van der Waals surface area contributed by atoms with Crippen molar-refractivity contribution in [3.8, 4) is 0 Å². The molecule has 1 N–H and O–H groups in total. The number of rotatable bonds is 2. The molecule has 0 bridgehead atoms. The fourth-order valence-corrected chi connectivity index (χ4v) is 2.86. The van der Waals surface area contributed by atoms with Crippen molar-refractivity contribution in [2.45, 2.75) is 25.3 Å². The molecule has 0 aliphatic carbocycles. The van der Waals surface area contributed by atoms with Crippen LogP contribution >= 0.6 is 0 Å². The van der Waals surface area contributed by atoms with Crippen LogP contribution in [-0.4, -0.2) is 36.4 Å². The van der Waals surface area contributed by atoms with Gasteiger partial charge >= 0.3 is 0 Å². The summed E-state index contributed by atoms with van der Waals surface area (Å²) < 4.78 is 0. The first-order chi connectivity index (χ1) is 9.36. The highest BCUT2D eigenvalue weighted by atomic mass is 15.2. The maximum atomic E-state index is 4.20. The lowest BCUT2D eigenvalue weighted by Gasteiger charge is -2.29. The molecule has 19 heavy (non-hydrogen) atoms. The smallest absolute Gasteiger partial charge is 0.0950 e. The fraction of sp³-hybridized carbons (Fsp3) is 0.467. The van der Waals surface area contributed by atoms with Gasteiger partial charge in [0.2, 0.25) is 0 Å². The topological polar surface area (TPSA) is 41.1 Å². The van der Waals surface area contributed by atoms with Crippen molar-refractivity contribution in [2.24, 2.45) is 0 Å². The van der Waals surface area contributed by atoms with E-state index < -0.39 is 0 Å². The van der Waals surface area contributed by atoms with Gasteiger partial charge in [0.1, 0.15) is 0 Å². The number of hydrogen-bond acceptors (Lipinski definition) is 4. The summed E-state index contributed by atoms with van der Waals surface area (Å²) in [5, 5.41) is 13.0. The highest BCUT2D eigenvalue weighted by molar-refractivity contribution is 5.90. The highest BCUT2D eigenvalue weighted by Gasteiger charge is 2.18. The molecule has 1 saturated heterocycles. The molecular formula is C15H20N4. The van der Waals surface area contributed by atoms with Crippen LogP contribution in [0, 0.1) is 0 Å². The average molecular weight is 256 g/mol. The first-order valence-corrected chi connectivity index (χ1v) is 7.00. The lowest BCUT2D eigenvalue weighted by atomic mass is 10.1. The Morgan fingerprint density at radius 3 is 3.05 bits per heavy atom. The molecule has 0 amide bonds. The van der Waals surface area contributed by atoms with Crippen molar-refractivity contribution in [1.29, 1.82) is 0 Å². The molecular weight excluding hydrogens is 236 g/mol. The van der Waals surface area contributed by atoms with Gasteiger partial charge in [0.25, 0.3) is 0 Å². The van der Waals surface area contributed by atoms with Crippen LogP contribution in [0.5, 0.6) is 0 Å². The van der Waals surface area contributed by atoms with Gasteiger partial charge in [-0.1, -0.05) is 18.2 Å². The summed E-state index contributed by atoms with van der Waals surface area (Å²) in [7, 11) is 2.18. The lowest BCUT2D eigenvalue weighted by Crippen LogP contribution is -2.32. The van der Waals surface area contributed by atoms with Crippen molar-refractivity contribution >= 4 is 16.6 Å². The van der Waals surface area contributed by atoms with Crippen LogP contribution in [0.2, 0.25) is 0 Å². The quantitative estimate of drug-likeness (QED) is 0.894. The summed E-state index contributed by atoms with van der Waals surface area (Å²) in [6.45, 7) is 2.24. The van der Waals surface area contributed by atoms with Gasteiger partial charge in [-0.15, -0.1) is 0 Å². The number of anilines is 1. The van der Waals surface area contributed by atoms with Gasteiger partial charge in [-0.25, -0.2) is 0 Å². The Labute approximate surface area is 113 Å². The van der Waals surface area contributed by atoms with Crippen LogP contribution < -0.4 is 10.2 Å². The summed E-state index contributed by atoms with van der Waals surface area (Å²) in [5.41, 5.74) is 2.16. The van der Waals surface area contributed by atoms with Gasteiger partial charge in [-0.05, 0) is 38.4 Å². The van der Waals surface area contributed by atoms with E-state index in [1.807, 2.05) is 18.3 Å². The second kappa shape index (κ2) is 5.53. The monoisotopic (exact) mass is 256 g/mol. The number of aromatic nitrogens is 2. The second-order valence-electron chi connectivity index (χ2n) is 5.19. The van der Waals surface area contributed by atoms with Crippen molar-refractivity contribution in [3.63, 3.8) is 0 Å². The Morgan fingerprint density at radius 2 is 2.11 bits per heavy atom. The number of benzene rings is 1. The van der Waals surface area contributed by atoms with Crippen molar-refractivity contribution < 1.29 is 0 Å². The standard InChI is InChI=1S/C15H20N4/c1-19(12-5-4-9-16-10-8-12)15-11-17-18-14-7-3-2-6-13(14)15/h2-3,6-7,11-12,16H,4-5,8-10H2,1H3. The Kier molecular flexibility index (Phi) is 3.60. The molecule has 100 valence electrons. The van der Waals surface area contributed by atoms with E-state index in [1.165, 1.54) is 30.3 Å². The van der Waals surface area contributed by atoms with Gasteiger partial charge < -0.3 is 10.2 Å². The van der Waals surface area contributed by atoms with Crippen LogP contribution in [0.4, 0.5) is 5.69 Å². The Hall–Kier alpha value is -1.68. The Balaban J connectivity index is 1.94. The normalized spacial score (nSPS) is 20.2. The number of nitrogens with one attached hydrogen (secondary N) is 1. The summed E-state index contributed by atoms with van der Waals surface area (Å²) in [6, 6.07) is 8.81. The SMILES string of the molecule is CN(c1cnnc2ccccc12)C1CCCNCC1. The molecule has 1 atom stereocenters. The zero-order valence-electron chi connectivity index (χ0n) is 11.3. The van der Waals surface area contributed by atoms with Crippen LogP contribution in [-0.2, 0) is 0 Å². The molecule has 0 radical (unpaired) electrons. The van der Waals surface area contributed by atoms with Crippen molar-refractivity contribution in [3.05, 3.63) is 30.5 Å². The molecule has 1 aromatic heterocycles. The highest BCUT2D eigenvalue weighted by Crippen LogP contribution is 2.26. The van der Waals surface area contributed by atoms with E-state index in [1.54, 1.807) is 0 Å². The first kappa shape index (κ1) is 12.4. The minimum absolute atomic E-state index is 0.586. The predicted molar refractivity (Wildman–Crippen MR) is 78.4 cm³/mol. The fourth-order valence-electron chi connectivity index (χ4n) is 2.86. The van der Waals surface area contributed by atoms with E-state index >= 15 is 0 Å². The van der Waals surface area contributed by atoms with Gasteiger partial charge in [-0.2, -0.15) is 10.2 Å². The van der Waals surface area contributed by atoms with E-state index in [2.05, 4.69) is 39.6 Å². The van der Waals surface area contributed by atoms with Gasteiger partial charge in [-0.3, -0.25) is 0 Å². The summed E-state index contributed by atoms with van der Waals surface area (Å²) in [6.07, 6.45) is 5.55. The minimum atomic E-state index is 0.586. The third-order valence-electron chi connectivity index (χ3n) is 4.00. The number of fused-ring (bicyclic) bond motifs is 1. The molecule has 1 fully saturated rings. The van der Waals surface area contributed by atoms with Crippen molar-refractivity contribution in [1.82, 2.24) is 15.5 Å². The minimum Gasteiger partial charge on any atom is -0.370 e. The Bertz CT molecular complexity index is 541. The molecule has 3 rings (SSSR count). The Morgan fingerprint density at radius 1 is 1.21 bits per heavy atom. The average Bonchev–Trinajstić information content (AvgIpc) is 2.75. The second-order valence-corrected chi connectivity index (χ2v) is 5.19. The molecule has 0 saturated carbocycles. The molecule has 4 nitrogen and oxygen atoms in total. The number of hydrogen-bond donors (Lipinski definition) is 1. The molecule has 1 unspecified atom stereocenters. The van der Waals surface area contributed by atoms with Crippen LogP contribution in [0.25, 0.3) is 10.9 Å². The zero-order valence-corrected chi connectivity index (χ0v) is 11.3. The third kappa shape index (κ3) is 2.54. The molecule has 4 heteroatoms. The summed E-state index contributed by atoms with van der Waals surface area (Å²) in [5.74, 6) is 0. The van der Waals surface area contributed by atoms with Gasteiger partial charge in [0, 0.05) is 18.5 Å². The van der Waals surface area contributed by atoms with Crippen LogP contribution in [0.1, 0.15) is 19.3 Å². The van der Waals surface area contributed by atoms with Crippen LogP contribution in [0.15, 0.2) is 30.5 Å². The van der Waals surface area contributed by atoms with E-state index in [0.29, 0.717) is 6.04 Å². The van der Waals surface area contributed by atoms with Gasteiger partial charge in [0.15, 0.2) is 0 Å². The molecule has 0 spiro atoms. The maximum Gasteiger partial charge on any atom is 0.0950 e. The van der Waals surface area contributed by atoms with E-state index in [-0.39, 0.29) is 0 Å². The van der Waals surface area contributed by atoms with Gasteiger partial charge in [0.05, 0.1) is 17.4 Å². The molecule has 1 aliphatic heterocycles. The van der Waals surface area contributed by atoms with Crippen LogP contribution in [0.3, 0.4) is 0 Å². The van der Waals surface area contributed by atoms with E-state index in [4.69, 9.17) is 0 Å². The molecule has 2 heterocycles. The van der Waals surface area contributed by atoms with E-state index in [9.17, 15) is 0 Å². The summed E-state index contributed by atoms with van der Waals surface area (Å²) in [4.78, 5) is 2.38. The zero-order chi connectivity index (χ0) is 13.1. The number of nitrogens with zero attached hydrogens (tertiary/aromatic N) is 3. The van der Waals surface area contributed by atoms with E-state index in [0.717, 1.165) is 18.6 Å². The van der Waals surface area contributed by atoms with Crippen molar-refractivity contribution in [2.75, 3.05) is 25.0 Å². The maximum absolute atomic E-state index is 4.20. The largest absolute Gasteiger partial charge is 0.370 e. The molecule has 1 aromatic carbocycles. The molecule has 1 aliphatic rings. The lowest BCUT2D eigenvalue weighted by molar-refractivity contribution is 0.567. The third-order valence-corrected chi connectivity index (χ3v) is 4.00. The summed E-state index contributed by atoms with van der Waals surface area (Å²) >= 11 is 0. The first-order valence-electron chi connectivity index (χ1n) is 7.00.